The molecule has 0 fully saturated rings. The van der Waals surface area contributed by atoms with E-state index in [1.807, 2.05) is 24.3 Å². The first-order chi connectivity index (χ1) is 15.9. The molecular weight excluding hydrogens is 460 g/mol. The van der Waals surface area contributed by atoms with Gasteiger partial charge >= 0.3 is 5.97 Å². The third kappa shape index (κ3) is 4.55. The van der Waals surface area contributed by atoms with Crippen LogP contribution in [0, 0.1) is 0 Å². The van der Waals surface area contributed by atoms with Gasteiger partial charge in [0, 0.05) is 5.02 Å². The van der Waals surface area contributed by atoms with Gasteiger partial charge in [-0.1, -0.05) is 59.9 Å². The molecule has 3 aromatic rings. The molecule has 0 bridgehead atoms. The van der Waals surface area contributed by atoms with Crippen LogP contribution in [0.4, 0.5) is 0 Å². The zero-order valence-corrected chi connectivity index (χ0v) is 19.7. The summed E-state index contributed by atoms with van der Waals surface area (Å²) < 4.78 is 12.6. The van der Waals surface area contributed by atoms with Crippen LogP contribution >= 0.6 is 22.9 Å². The Labute approximate surface area is 199 Å². The van der Waals surface area contributed by atoms with E-state index in [9.17, 15) is 9.59 Å². The van der Waals surface area contributed by atoms with E-state index < -0.39 is 12.0 Å². The number of aromatic nitrogens is 1. The lowest BCUT2D eigenvalue weighted by Gasteiger charge is -2.24. The molecule has 0 aliphatic carbocycles. The number of esters is 1. The minimum Gasteiger partial charge on any atom is -0.497 e. The molecule has 1 aromatic heterocycles. The van der Waals surface area contributed by atoms with Crippen LogP contribution in [-0.4, -0.2) is 24.3 Å². The van der Waals surface area contributed by atoms with Crippen LogP contribution in [0.3, 0.4) is 0 Å². The summed E-state index contributed by atoms with van der Waals surface area (Å²) in [6, 6.07) is 13.8. The Bertz CT molecular complexity index is 1430. The minimum absolute atomic E-state index is 0.0597. The van der Waals surface area contributed by atoms with Crippen molar-refractivity contribution in [1.82, 2.24) is 4.57 Å². The summed E-state index contributed by atoms with van der Waals surface area (Å²) in [6.07, 6.45) is 3.27. The van der Waals surface area contributed by atoms with Gasteiger partial charge in [0.15, 0.2) is 4.80 Å². The van der Waals surface area contributed by atoms with Gasteiger partial charge in [0.2, 0.25) is 0 Å². The maximum Gasteiger partial charge on any atom is 0.338 e. The number of ether oxygens (including phenoxy) is 2. The fourth-order valence-corrected chi connectivity index (χ4v) is 4.89. The van der Waals surface area contributed by atoms with Gasteiger partial charge in [-0.3, -0.25) is 9.36 Å². The third-order valence-electron chi connectivity index (χ3n) is 5.15. The Morgan fingerprint density at radius 3 is 2.70 bits per heavy atom. The number of hydrogen-bond acceptors (Lipinski definition) is 6. The molecule has 6 nitrogen and oxygen atoms in total. The predicted octanol–water partition coefficient (Wildman–Crippen LogP) is 3.63. The minimum atomic E-state index is -0.689. The molecule has 2 heterocycles. The van der Waals surface area contributed by atoms with Crippen LogP contribution in [0.1, 0.15) is 24.1 Å². The van der Waals surface area contributed by atoms with Crippen molar-refractivity contribution in [3.63, 3.8) is 0 Å². The highest BCUT2D eigenvalue weighted by Crippen LogP contribution is 2.31. The fourth-order valence-electron chi connectivity index (χ4n) is 3.64. The molecule has 33 heavy (non-hydrogen) atoms. The van der Waals surface area contributed by atoms with E-state index in [0.29, 0.717) is 31.4 Å². The topological polar surface area (TPSA) is 69.9 Å². The van der Waals surface area contributed by atoms with Gasteiger partial charge in [-0.2, -0.15) is 0 Å². The summed E-state index contributed by atoms with van der Waals surface area (Å²) in [5.41, 5.74) is 2.10. The van der Waals surface area contributed by atoms with E-state index in [1.165, 1.54) is 17.4 Å². The average Bonchev–Trinajstić information content (AvgIpc) is 3.11. The molecule has 1 aliphatic rings. The van der Waals surface area contributed by atoms with Gasteiger partial charge in [0.05, 0.1) is 29.0 Å². The summed E-state index contributed by atoms with van der Waals surface area (Å²) in [4.78, 5) is 31.6. The zero-order chi connectivity index (χ0) is 23.5. The highest BCUT2D eigenvalue weighted by Gasteiger charge is 2.33. The van der Waals surface area contributed by atoms with Crippen molar-refractivity contribution >= 4 is 35.0 Å². The van der Waals surface area contributed by atoms with Crippen molar-refractivity contribution in [2.75, 3.05) is 13.7 Å². The number of nitrogens with zero attached hydrogens (tertiary/aromatic N) is 2. The molecule has 1 atom stereocenters. The van der Waals surface area contributed by atoms with Crippen LogP contribution in [0.15, 0.2) is 82.2 Å². The van der Waals surface area contributed by atoms with E-state index in [2.05, 4.69) is 11.6 Å². The van der Waals surface area contributed by atoms with Crippen molar-refractivity contribution in [2.45, 2.75) is 13.0 Å². The van der Waals surface area contributed by atoms with Crippen LogP contribution in [0.25, 0.3) is 6.08 Å². The number of methoxy groups -OCH3 is 1. The number of carbonyl (C=O) groups is 1. The van der Waals surface area contributed by atoms with Gasteiger partial charge in [0.25, 0.3) is 5.56 Å². The summed E-state index contributed by atoms with van der Waals surface area (Å²) in [6.45, 7) is 5.40. The zero-order valence-electron chi connectivity index (χ0n) is 18.1. The van der Waals surface area contributed by atoms with Crippen LogP contribution in [0.2, 0.25) is 5.02 Å². The second-order valence-electron chi connectivity index (χ2n) is 7.30. The number of hydrogen-bond donors (Lipinski definition) is 0. The first-order valence-electron chi connectivity index (χ1n) is 10.1. The summed E-state index contributed by atoms with van der Waals surface area (Å²) in [5.74, 6) is 0.129. The molecular formula is C25H21ClN2O4S. The Hall–Kier alpha value is -3.42. The van der Waals surface area contributed by atoms with E-state index in [0.717, 1.165) is 11.1 Å². The lowest BCUT2D eigenvalue weighted by molar-refractivity contribution is -0.138. The molecule has 1 unspecified atom stereocenters. The monoisotopic (exact) mass is 480 g/mol. The predicted molar refractivity (Wildman–Crippen MR) is 129 cm³/mol. The van der Waals surface area contributed by atoms with Gasteiger partial charge < -0.3 is 9.47 Å². The normalized spacial score (nSPS) is 15.6. The lowest BCUT2D eigenvalue weighted by atomic mass is 9.96. The van der Waals surface area contributed by atoms with Crippen LogP contribution in [-0.2, 0) is 9.53 Å². The van der Waals surface area contributed by atoms with Gasteiger partial charge in [-0.15, -0.1) is 0 Å². The molecule has 0 N–H and O–H groups in total. The highest BCUT2D eigenvalue weighted by molar-refractivity contribution is 7.07. The first-order valence-corrected chi connectivity index (χ1v) is 11.3. The van der Waals surface area contributed by atoms with E-state index in [1.54, 1.807) is 48.9 Å². The Morgan fingerprint density at radius 1 is 1.27 bits per heavy atom. The molecule has 0 spiro atoms. The van der Waals surface area contributed by atoms with Crippen molar-refractivity contribution in [3.05, 3.63) is 108 Å². The van der Waals surface area contributed by atoms with Crippen molar-refractivity contribution in [2.24, 2.45) is 4.99 Å². The number of allylic oxidation sites excluding steroid dienone is 1. The molecule has 0 radical (unpaired) electrons. The van der Waals surface area contributed by atoms with Gasteiger partial charge in [0.1, 0.15) is 12.4 Å². The number of benzene rings is 2. The number of halogens is 1. The van der Waals surface area contributed by atoms with Crippen molar-refractivity contribution in [1.29, 1.82) is 0 Å². The van der Waals surface area contributed by atoms with Gasteiger partial charge in [-0.25, -0.2) is 9.79 Å². The summed E-state index contributed by atoms with van der Waals surface area (Å²) in [5, 5.41) is 0.579. The third-order valence-corrected chi connectivity index (χ3v) is 6.37. The molecule has 2 aromatic carbocycles. The van der Waals surface area contributed by atoms with Crippen LogP contribution < -0.4 is 19.6 Å². The Balaban J connectivity index is 1.92. The Morgan fingerprint density at radius 2 is 2.03 bits per heavy atom. The SMILES string of the molecule is C=CCOC(=O)C1=C(C)N=c2sc(=Cc3cccc(Cl)c3)c(=O)n2C1c1ccc(OC)cc1. The van der Waals surface area contributed by atoms with Crippen molar-refractivity contribution in [3.8, 4) is 5.75 Å². The summed E-state index contributed by atoms with van der Waals surface area (Å²) in [7, 11) is 1.58. The number of thiazole rings is 1. The number of rotatable bonds is 6. The largest absolute Gasteiger partial charge is 0.497 e. The molecule has 0 amide bonds. The van der Waals surface area contributed by atoms with Crippen molar-refractivity contribution < 1.29 is 14.3 Å². The Kier molecular flexibility index (Phi) is 6.62. The molecule has 0 saturated carbocycles. The highest BCUT2D eigenvalue weighted by atomic mass is 35.5. The molecule has 8 heteroatoms. The quantitative estimate of drug-likeness (QED) is 0.399. The molecule has 4 rings (SSSR count). The lowest BCUT2D eigenvalue weighted by Crippen LogP contribution is -2.39. The molecule has 0 saturated heterocycles. The van der Waals surface area contributed by atoms with E-state index in [4.69, 9.17) is 21.1 Å². The standard InChI is InChI=1S/C25H21ClN2O4S/c1-4-12-32-24(30)21-15(2)27-25-28(22(21)17-8-10-19(31-3)11-9-17)23(29)20(33-25)14-16-6-5-7-18(26)13-16/h4-11,13-14,22H,1,12H2,2-3H3. The summed E-state index contributed by atoms with van der Waals surface area (Å²) >= 11 is 7.36. The average molecular weight is 481 g/mol. The van der Waals surface area contributed by atoms with E-state index in [-0.39, 0.29) is 12.2 Å². The number of fused-ring (bicyclic) bond motifs is 1. The van der Waals surface area contributed by atoms with Crippen LogP contribution in [0.5, 0.6) is 5.75 Å². The smallest absolute Gasteiger partial charge is 0.338 e. The first kappa shape index (κ1) is 22.8. The van der Waals surface area contributed by atoms with E-state index >= 15 is 0 Å². The molecule has 1 aliphatic heterocycles. The maximum atomic E-state index is 13.5. The fraction of sp³-hybridized carbons (Fsp3) is 0.160. The van der Waals surface area contributed by atoms with Gasteiger partial charge in [-0.05, 0) is 48.4 Å². The maximum absolute atomic E-state index is 13.5. The second-order valence-corrected chi connectivity index (χ2v) is 8.74. The molecule has 168 valence electrons. The number of carbonyl (C=O) groups excluding carboxylic acids is 1. The second kappa shape index (κ2) is 9.60.